The minimum Gasteiger partial charge on any atom is -0.497 e. The zero-order valence-electron chi connectivity index (χ0n) is 22.4. The monoisotopic (exact) mass is 512 g/mol. The molecule has 4 N–H and O–H groups in total. The number of amides is 4. The first-order valence-corrected chi connectivity index (χ1v) is 11.8. The van der Waals surface area contributed by atoms with Crippen molar-refractivity contribution in [3.05, 3.63) is 59.2 Å². The number of ether oxygens (including phenoxy) is 2. The van der Waals surface area contributed by atoms with E-state index in [-0.39, 0.29) is 0 Å². The largest absolute Gasteiger partial charge is 0.497 e. The second kappa shape index (κ2) is 12.2. The van der Waals surface area contributed by atoms with E-state index in [0.29, 0.717) is 17.0 Å². The van der Waals surface area contributed by atoms with Crippen LogP contribution >= 0.6 is 0 Å². The summed E-state index contributed by atoms with van der Waals surface area (Å²) in [5.74, 6) is -1.34. The maximum atomic E-state index is 13.6. The minimum atomic E-state index is -1.33. The van der Waals surface area contributed by atoms with E-state index in [2.05, 4.69) is 10.6 Å². The average Bonchev–Trinajstić information content (AvgIpc) is 2.79. The predicted octanol–water partition coefficient (Wildman–Crippen LogP) is 3.22. The van der Waals surface area contributed by atoms with Gasteiger partial charge in [-0.15, -0.1) is 0 Å². The summed E-state index contributed by atoms with van der Waals surface area (Å²) < 4.78 is 10.4. The van der Waals surface area contributed by atoms with E-state index in [4.69, 9.17) is 15.2 Å². The van der Waals surface area contributed by atoms with Gasteiger partial charge in [-0.1, -0.05) is 23.8 Å². The number of likely N-dealkylation sites (N-methyl/N-ethyl adjacent to an activating group) is 1. The van der Waals surface area contributed by atoms with Gasteiger partial charge in [0.25, 0.3) is 5.91 Å². The third-order valence-corrected chi connectivity index (χ3v) is 5.46. The number of rotatable bonds is 9. The van der Waals surface area contributed by atoms with Crippen LogP contribution in [0, 0.1) is 13.8 Å². The first-order chi connectivity index (χ1) is 17.2. The van der Waals surface area contributed by atoms with Gasteiger partial charge in [0.05, 0.1) is 13.5 Å². The molecule has 2 aromatic rings. The van der Waals surface area contributed by atoms with Crippen molar-refractivity contribution < 1.29 is 28.7 Å². The Kier molecular flexibility index (Phi) is 9.65. The number of benzene rings is 2. The van der Waals surface area contributed by atoms with E-state index in [1.165, 1.54) is 11.9 Å². The quantitative estimate of drug-likeness (QED) is 0.471. The standard InChI is InChI=1S/C27H36N4O6/c1-16-8-9-17(2)20(14-16)23(24(33)29-18-10-12-19(36-7)13-11-18)31(6)25(34)21(15-22(28)32)30-26(35)37-27(3,4)5/h8-14,21,23H,15H2,1-7H3,(H2,28,32)(H,29,33)(H,30,35). The minimum absolute atomic E-state index is 0.470. The van der Waals surface area contributed by atoms with E-state index < -0.39 is 47.9 Å². The highest BCUT2D eigenvalue weighted by Crippen LogP contribution is 2.27. The van der Waals surface area contributed by atoms with E-state index in [1.807, 2.05) is 32.0 Å². The Morgan fingerprint density at radius 1 is 1.03 bits per heavy atom. The fraction of sp³-hybridized carbons (Fsp3) is 0.407. The average molecular weight is 513 g/mol. The molecular weight excluding hydrogens is 476 g/mol. The van der Waals surface area contributed by atoms with Gasteiger partial charge in [0.1, 0.15) is 23.4 Å². The zero-order chi connectivity index (χ0) is 27.9. The maximum absolute atomic E-state index is 13.6. The molecular formula is C27H36N4O6. The molecule has 0 spiro atoms. The van der Waals surface area contributed by atoms with Gasteiger partial charge >= 0.3 is 6.09 Å². The lowest BCUT2D eigenvalue weighted by Crippen LogP contribution is -2.52. The second-order valence-corrected chi connectivity index (χ2v) is 9.80. The van der Waals surface area contributed by atoms with Crippen molar-refractivity contribution in [2.75, 3.05) is 19.5 Å². The van der Waals surface area contributed by atoms with E-state index >= 15 is 0 Å². The Labute approximate surface area is 217 Å². The highest BCUT2D eigenvalue weighted by atomic mass is 16.6. The van der Waals surface area contributed by atoms with Crippen molar-refractivity contribution in [1.29, 1.82) is 0 Å². The summed E-state index contributed by atoms with van der Waals surface area (Å²) in [4.78, 5) is 52.5. The number of anilines is 1. The van der Waals surface area contributed by atoms with Crippen LogP contribution in [0.1, 0.15) is 49.9 Å². The number of nitrogens with zero attached hydrogens (tertiary/aromatic N) is 1. The third kappa shape index (κ3) is 8.52. The van der Waals surface area contributed by atoms with Gasteiger partial charge in [-0.05, 0) is 70.0 Å². The SMILES string of the molecule is COc1ccc(NC(=O)C(c2cc(C)ccc2C)N(C)C(=O)C(CC(N)=O)NC(=O)OC(C)(C)C)cc1. The van der Waals surface area contributed by atoms with Crippen molar-refractivity contribution in [2.45, 2.75) is 58.7 Å². The highest BCUT2D eigenvalue weighted by molar-refractivity contribution is 5.99. The normalized spacial score (nSPS) is 12.6. The van der Waals surface area contributed by atoms with Crippen molar-refractivity contribution in [1.82, 2.24) is 10.2 Å². The molecule has 2 unspecified atom stereocenters. The fourth-order valence-corrected chi connectivity index (χ4v) is 3.69. The molecule has 4 amide bonds. The Balaban J connectivity index is 2.43. The van der Waals surface area contributed by atoms with Crippen LogP contribution in [-0.4, -0.2) is 54.5 Å². The summed E-state index contributed by atoms with van der Waals surface area (Å²) in [5, 5.41) is 5.25. The molecule has 0 heterocycles. The Morgan fingerprint density at radius 2 is 1.65 bits per heavy atom. The third-order valence-electron chi connectivity index (χ3n) is 5.46. The van der Waals surface area contributed by atoms with Gasteiger partial charge in [-0.2, -0.15) is 0 Å². The molecule has 0 aliphatic heterocycles. The molecule has 10 heteroatoms. The molecule has 200 valence electrons. The van der Waals surface area contributed by atoms with Crippen LogP contribution in [0.4, 0.5) is 10.5 Å². The number of aryl methyl sites for hydroxylation is 2. The molecule has 0 aliphatic carbocycles. The van der Waals surface area contributed by atoms with Gasteiger partial charge < -0.3 is 30.7 Å². The smallest absolute Gasteiger partial charge is 0.408 e. The maximum Gasteiger partial charge on any atom is 0.408 e. The lowest BCUT2D eigenvalue weighted by molar-refractivity contribution is -0.140. The summed E-state index contributed by atoms with van der Waals surface area (Å²) in [6.07, 6.45) is -1.35. The van der Waals surface area contributed by atoms with Gasteiger partial charge in [-0.3, -0.25) is 14.4 Å². The number of hydrogen-bond donors (Lipinski definition) is 3. The van der Waals surface area contributed by atoms with Crippen LogP contribution in [0.3, 0.4) is 0 Å². The van der Waals surface area contributed by atoms with Crippen molar-refractivity contribution in [3.8, 4) is 5.75 Å². The first-order valence-electron chi connectivity index (χ1n) is 11.8. The van der Waals surface area contributed by atoms with Crippen LogP contribution in [0.2, 0.25) is 0 Å². The van der Waals surface area contributed by atoms with Crippen LogP contribution in [0.15, 0.2) is 42.5 Å². The molecule has 10 nitrogen and oxygen atoms in total. The summed E-state index contributed by atoms with van der Waals surface area (Å²) in [6, 6.07) is 9.93. The number of primary amides is 1. The van der Waals surface area contributed by atoms with Crippen LogP contribution in [-0.2, 0) is 19.1 Å². The summed E-state index contributed by atoms with van der Waals surface area (Å²) >= 11 is 0. The number of methoxy groups -OCH3 is 1. The zero-order valence-corrected chi connectivity index (χ0v) is 22.4. The number of carbonyl (C=O) groups excluding carboxylic acids is 4. The number of carbonyl (C=O) groups is 4. The van der Waals surface area contributed by atoms with Crippen LogP contribution in [0.5, 0.6) is 5.75 Å². The van der Waals surface area contributed by atoms with Crippen molar-refractivity contribution in [3.63, 3.8) is 0 Å². The fourth-order valence-electron chi connectivity index (χ4n) is 3.69. The van der Waals surface area contributed by atoms with Crippen molar-refractivity contribution >= 4 is 29.5 Å². The van der Waals surface area contributed by atoms with E-state index in [1.54, 1.807) is 52.1 Å². The molecule has 2 atom stereocenters. The summed E-state index contributed by atoms with van der Waals surface area (Å²) in [7, 11) is 2.98. The molecule has 37 heavy (non-hydrogen) atoms. The van der Waals surface area contributed by atoms with Gasteiger partial charge in [0.2, 0.25) is 11.8 Å². The van der Waals surface area contributed by atoms with Gasteiger partial charge in [0, 0.05) is 12.7 Å². The number of nitrogens with one attached hydrogen (secondary N) is 2. The van der Waals surface area contributed by atoms with Gasteiger partial charge in [0.15, 0.2) is 0 Å². The lowest BCUT2D eigenvalue weighted by Gasteiger charge is -2.32. The Hall–Kier alpha value is -4.08. The van der Waals surface area contributed by atoms with Gasteiger partial charge in [-0.25, -0.2) is 4.79 Å². The molecule has 2 aromatic carbocycles. The molecule has 0 saturated heterocycles. The topological polar surface area (TPSA) is 140 Å². The van der Waals surface area contributed by atoms with Crippen LogP contribution < -0.4 is 21.1 Å². The molecule has 0 radical (unpaired) electrons. The number of hydrogen-bond acceptors (Lipinski definition) is 6. The van der Waals surface area contributed by atoms with Crippen molar-refractivity contribution in [2.24, 2.45) is 5.73 Å². The second-order valence-electron chi connectivity index (χ2n) is 9.80. The molecule has 2 rings (SSSR count). The number of nitrogens with two attached hydrogens (primary N) is 1. The molecule has 0 aromatic heterocycles. The highest BCUT2D eigenvalue weighted by Gasteiger charge is 2.35. The van der Waals surface area contributed by atoms with E-state index in [9.17, 15) is 19.2 Å². The molecule has 0 bridgehead atoms. The summed E-state index contributed by atoms with van der Waals surface area (Å²) in [6.45, 7) is 8.72. The Bertz CT molecular complexity index is 1140. The predicted molar refractivity (Wildman–Crippen MR) is 140 cm³/mol. The Morgan fingerprint density at radius 3 is 2.19 bits per heavy atom. The molecule has 0 saturated carbocycles. The number of alkyl carbamates (subject to hydrolysis) is 1. The summed E-state index contributed by atoms with van der Waals surface area (Å²) in [5.41, 5.74) is 7.31. The van der Waals surface area contributed by atoms with E-state index in [0.717, 1.165) is 11.1 Å². The first kappa shape index (κ1) is 29.2. The molecule has 0 aliphatic rings. The van der Waals surface area contributed by atoms with Crippen LogP contribution in [0.25, 0.3) is 0 Å². The molecule has 0 fully saturated rings. The lowest BCUT2D eigenvalue weighted by atomic mass is 9.96.